The standard InChI is InChI=1S/C88H165NO5/c1-3-5-7-9-11-13-15-17-19-21-44-48-52-56-60-64-68-72-76-80-86(91)85(84-90)89-87(92)81-77-73-69-65-61-57-53-49-46-42-40-38-36-34-32-30-28-26-24-23-25-27-29-31-33-35-37-39-41-43-47-51-55-59-63-67-71-75-79-83-94-88(93)82-78-74-70-66-62-58-54-50-45-22-20-18-16-14-12-10-8-6-4-2/h12,14,18,20,23-24,27,29,76,80,85-86,90-91H,3-11,13,15-17,19,21-22,25-26,28,30-75,77-79,81-84H2,1-2H3,(H,89,92)/b14-12-,20-18-,24-23-,29-27-,80-76+. The molecule has 2 unspecified atom stereocenters. The van der Waals surface area contributed by atoms with Gasteiger partial charge in [-0.1, -0.05) is 415 Å². The molecule has 0 fully saturated rings. The van der Waals surface area contributed by atoms with Crippen molar-refractivity contribution in [1.82, 2.24) is 5.32 Å². The number of rotatable bonds is 80. The first kappa shape index (κ1) is 91.6. The minimum Gasteiger partial charge on any atom is -0.466 e. The lowest BCUT2D eigenvalue weighted by Crippen LogP contribution is -2.45. The molecule has 0 saturated carbocycles. The van der Waals surface area contributed by atoms with Gasteiger partial charge in [0.1, 0.15) is 0 Å². The number of aliphatic hydroxyl groups is 2. The molecule has 0 aromatic carbocycles. The van der Waals surface area contributed by atoms with Gasteiger partial charge >= 0.3 is 5.97 Å². The fraction of sp³-hybridized carbons (Fsp3) is 0.864. The molecule has 2 atom stereocenters. The Labute approximate surface area is 588 Å². The molecule has 0 aromatic heterocycles. The van der Waals surface area contributed by atoms with Crippen molar-refractivity contribution in [3.63, 3.8) is 0 Å². The molecule has 6 nitrogen and oxygen atoms in total. The molecule has 0 bridgehead atoms. The number of amides is 1. The van der Waals surface area contributed by atoms with E-state index in [2.05, 4.69) is 67.8 Å². The Kier molecular flexibility index (Phi) is 80.8. The second-order valence-corrected chi connectivity index (χ2v) is 29.2. The van der Waals surface area contributed by atoms with Crippen LogP contribution in [0, 0.1) is 0 Å². The van der Waals surface area contributed by atoms with E-state index >= 15 is 0 Å². The highest BCUT2D eigenvalue weighted by atomic mass is 16.5. The van der Waals surface area contributed by atoms with Gasteiger partial charge in [0, 0.05) is 12.8 Å². The molecule has 94 heavy (non-hydrogen) atoms. The third-order valence-electron chi connectivity index (χ3n) is 19.8. The van der Waals surface area contributed by atoms with Gasteiger partial charge in [0.15, 0.2) is 0 Å². The molecule has 0 spiro atoms. The van der Waals surface area contributed by atoms with Gasteiger partial charge in [0.05, 0.1) is 25.4 Å². The summed E-state index contributed by atoms with van der Waals surface area (Å²) in [5.74, 6) is -0.0444. The quantitative estimate of drug-likeness (QED) is 0.0320. The average molecular weight is 1320 g/mol. The van der Waals surface area contributed by atoms with E-state index in [0.29, 0.717) is 19.4 Å². The minimum absolute atomic E-state index is 0.0168. The molecule has 6 heteroatoms. The monoisotopic (exact) mass is 1320 g/mol. The number of ether oxygens (including phenoxy) is 1. The van der Waals surface area contributed by atoms with Crippen LogP contribution < -0.4 is 5.32 Å². The fourth-order valence-electron chi connectivity index (χ4n) is 13.3. The number of hydrogen-bond donors (Lipinski definition) is 3. The SMILES string of the molecule is CCCCC/C=C\C/C=C\CCCCCCCCCCCC(=O)OCCCCCCCCCCCCCCCCC/C=C\C/C=C\CCCCCCCCCCCCCCCCCCCC(=O)NC(CO)C(O)/C=C/CCCCCCCCCCCCCCCCCCC. The smallest absolute Gasteiger partial charge is 0.305 e. The second kappa shape index (κ2) is 83.0. The lowest BCUT2D eigenvalue weighted by atomic mass is 10.0. The largest absolute Gasteiger partial charge is 0.466 e. The van der Waals surface area contributed by atoms with Gasteiger partial charge in [0.2, 0.25) is 5.91 Å². The number of aliphatic hydroxyl groups excluding tert-OH is 2. The van der Waals surface area contributed by atoms with Crippen molar-refractivity contribution in [2.75, 3.05) is 13.2 Å². The van der Waals surface area contributed by atoms with Crippen molar-refractivity contribution in [1.29, 1.82) is 0 Å². The Balaban J connectivity index is 3.37. The van der Waals surface area contributed by atoms with Crippen LogP contribution in [0.5, 0.6) is 0 Å². The fourth-order valence-corrected chi connectivity index (χ4v) is 13.3. The average Bonchev–Trinajstić information content (AvgIpc) is 3.79. The Morgan fingerprint density at radius 3 is 0.830 bits per heavy atom. The first-order valence-corrected chi connectivity index (χ1v) is 42.6. The summed E-state index contributed by atoms with van der Waals surface area (Å²) in [5, 5.41) is 23.3. The number of nitrogens with one attached hydrogen (secondary N) is 1. The van der Waals surface area contributed by atoms with Crippen LogP contribution in [-0.4, -0.2) is 47.4 Å². The number of allylic oxidation sites excluding steroid dienone is 9. The van der Waals surface area contributed by atoms with Crippen molar-refractivity contribution in [3.8, 4) is 0 Å². The summed E-state index contributed by atoms with van der Waals surface area (Å²) in [7, 11) is 0. The van der Waals surface area contributed by atoms with Crippen LogP contribution in [0.1, 0.15) is 463 Å². The van der Waals surface area contributed by atoms with E-state index in [1.807, 2.05) is 6.08 Å². The molecule has 0 heterocycles. The van der Waals surface area contributed by atoms with Crippen LogP contribution in [0.25, 0.3) is 0 Å². The molecule has 0 aliphatic carbocycles. The molecule has 0 saturated heterocycles. The van der Waals surface area contributed by atoms with Gasteiger partial charge in [-0.15, -0.1) is 0 Å². The highest BCUT2D eigenvalue weighted by Crippen LogP contribution is 2.20. The van der Waals surface area contributed by atoms with Gasteiger partial charge in [0.25, 0.3) is 0 Å². The number of carbonyl (C=O) groups is 2. The maximum absolute atomic E-state index is 12.5. The normalized spacial score (nSPS) is 12.8. The zero-order valence-corrected chi connectivity index (χ0v) is 63.5. The molecule has 1 amide bonds. The summed E-state index contributed by atoms with van der Waals surface area (Å²) in [6, 6.07) is -0.627. The summed E-state index contributed by atoms with van der Waals surface area (Å²) < 4.78 is 5.52. The van der Waals surface area contributed by atoms with Crippen LogP contribution >= 0.6 is 0 Å². The Morgan fingerprint density at radius 1 is 0.298 bits per heavy atom. The van der Waals surface area contributed by atoms with Crippen LogP contribution in [0.15, 0.2) is 60.8 Å². The lowest BCUT2D eigenvalue weighted by Gasteiger charge is -2.20. The van der Waals surface area contributed by atoms with Gasteiger partial charge in [-0.25, -0.2) is 0 Å². The van der Waals surface area contributed by atoms with Crippen LogP contribution in [0.2, 0.25) is 0 Å². The number of carbonyl (C=O) groups excluding carboxylic acids is 2. The predicted octanol–water partition coefficient (Wildman–Crippen LogP) is 28.5. The summed E-state index contributed by atoms with van der Waals surface area (Å²) >= 11 is 0. The molecule has 0 radical (unpaired) electrons. The van der Waals surface area contributed by atoms with E-state index in [1.165, 1.54) is 379 Å². The zero-order valence-electron chi connectivity index (χ0n) is 63.5. The first-order chi connectivity index (χ1) is 46.5. The van der Waals surface area contributed by atoms with Crippen molar-refractivity contribution >= 4 is 11.9 Å². The molecule has 3 N–H and O–H groups in total. The summed E-state index contributed by atoms with van der Waals surface area (Å²) in [5.41, 5.74) is 0. The Morgan fingerprint density at radius 2 is 0.532 bits per heavy atom. The van der Waals surface area contributed by atoms with E-state index in [1.54, 1.807) is 6.08 Å². The molecule has 0 rings (SSSR count). The first-order valence-electron chi connectivity index (χ1n) is 42.6. The maximum atomic E-state index is 12.5. The summed E-state index contributed by atoms with van der Waals surface area (Å²) in [6.07, 6.45) is 112. The van der Waals surface area contributed by atoms with E-state index in [4.69, 9.17) is 4.74 Å². The van der Waals surface area contributed by atoms with Gasteiger partial charge in [-0.05, 0) is 96.3 Å². The summed E-state index contributed by atoms with van der Waals surface area (Å²) in [6.45, 7) is 4.92. The third kappa shape index (κ3) is 78.6. The maximum Gasteiger partial charge on any atom is 0.305 e. The van der Waals surface area contributed by atoms with Gasteiger partial charge in [-0.2, -0.15) is 0 Å². The predicted molar refractivity (Wildman–Crippen MR) is 416 cm³/mol. The van der Waals surface area contributed by atoms with Crippen molar-refractivity contribution in [2.24, 2.45) is 0 Å². The van der Waals surface area contributed by atoms with E-state index < -0.39 is 12.1 Å². The highest BCUT2D eigenvalue weighted by Gasteiger charge is 2.18. The van der Waals surface area contributed by atoms with Crippen LogP contribution in [0.3, 0.4) is 0 Å². The van der Waals surface area contributed by atoms with Crippen molar-refractivity contribution in [3.05, 3.63) is 60.8 Å². The molecule has 0 aliphatic heterocycles. The Bertz CT molecular complexity index is 1620. The molecular weight excluding hydrogens is 1150 g/mol. The zero-order chi connectivity index (χ0) is 67.7. The third-order valence-corrected chi connectivity index (χ3v) is 19.8. The lowest BCUT2D eigenvalue weighted by molar-refractivity contribution is -0.143. The highest BCUT2D eigenvalue weighted by molar-refractivity contribution is 5.76. The minimum atomic E-state index is -0.844. The molecule has 0 aliphatic rings. The molecule has 552 valence electrons. The molecular formula is C88H165NO5. The van der Waals surface area contributed by atoms with Crippen LogP contribution in [0.4, 0.5) is 0 Å². The number of hydrogen-bond acceptors (Lipinski definition) is 5. The van der Waals surface area contributed by atoms with Crippen molar-refractivity contribution < 1.29 is 24.5 Å². The van der Waals surface area contributed by atoms with Gasteiger partial charge in [-0.3, -0.25) is 9.59 Å². The van der Waals surface area contributed by atoms with E-state index in [-0.39, 0.29) is 18.5 Å². The molecule has 0 aromatic rings. The topological polar surface area (TPSA) is 95.9 Å². The van der Waals surface area contributed by atoms with E-state index in [0.717, 1.165) is 57.8 Å². The summed E-state index contributed by atoms with van der Waals surface area (Å²) in [4.78, 5) is 24.7. The van der Waals surface area contributed by atoms with Gasteiger partial charge < -0.3 is 20.3 Å². The van der Waals surface area contributed by atoms with Crippen LogP contribution in [-0.2, 0) is 14.3 Å². The van der Waals surface area contributed by atoms with E-state index in [9.17, 15) is 19.8 Å². The van der Waals surface area contributed by atoms with Crippen molar-refractivity contribution in [2.45, 2.75) is 475 Å². The number of unbranched alkanes of at least 4 members (excludes halogenated alkanes) is 61. The second-order valence-electron chi connectivity index (χ2n) is 29.2. The number of esters is 1. The Hall–Kier alpha value is -2.44.